The van der Waals surface area contributed by atoms with E-state index in [-0.39, 0.29) is 37.6 Å². The van der Waals surface area contributed by atoms with Gasteiger partial charge in [-0.3, -0.25) is 0 Å². The van der Waals surface area contributed by atoms with Gasteiger partial charge in [0.25, 0.3) is 0 Å². The molecule has 0 fully saturated rings. The summed E-state index contributed by atoms with van der Waals surface area (Å²) in [6.07, 6.45) is 0. The summed E-state index contributed by atoms with van der Waals surface area (Å²) in [7, 11) is 2.62. The molecule has 0 aliphatic carbocycles. The number of carbonyl (C=O) groups is 2. The minimum Gasteiger partial charge on any atom is -0.491 e. The number of hydrogen-bond donors (Lipinski definition) is 0. The minimum atomic E-state index is -0.519. The van der Waals surface area contributed by atoms with E-state index in [0.717, 1.165) is 0 Å². The number of esters is 2. The molecule has 0 aromatic heterocycles. The molecule has 8 rings (SSSR count). The van der Waals surface area contributed by atoms with Crippen molar-refractivity contribution >= 4 is 11.9 Å². The molecule has 4 aromatic carbocycles. The Morgan fingerprint density at radius 3 is 0.524 bits per heavy atom. The third-order valence-corrected chi connectivity index (χ3v) is 11.2. The lowest BCUT2D eigenvalue weighted by molar-refractivity contribution is 0.00450. The maximum atomic E-state index is 12.3. The van der Waals surface area contributed by atoms with Crippen LogP contribution in [0.5, 0.6) is 46.0 Å². The van der Waals surface area contributed by atoms with E-state index in [1.807, 2.05) is 48.5 Å². The zero-order chi connectivity index (χ0) is 59.0. The first-order chi connectivity index (χ1) is 41.5. The Labute approximate surface area is 492 Å². The predicted octanol–water partition coefficient (Wildman–Crippen LogP) is 5.60. The van der Waals surface area contributed by atoms with Crippen LogP contribution in [0.15, 0.2) is 84.9 Å². The molecular weight excluding hydrogens is 1100 g/mol. The molecule has 24 heteroatoms. The number of ether oxygens (including phenoxy) is 22. The SMILES string of the molecule is COC(=O)c1cc2cc(c1)OCCOCCOCCOCCOc1ccc(cc1)OCCOCCOCCOCCOc1cc(cc(C(=O)OC)c1)OCCOCCOCCOCCOc1ccc(cc1)OCCOCCOCCOCCO2. The molecule has 4 aliphatic rings. The van der Waals surface area contributed by atoms with Gasteiger partial charge in [-0.1, -0.05) is 0 Å². The highest BCUT2D eigenvalue weighted by Crippen LogP contribution is 2.26. The molecule has 0 spiro atoms. The van der Waals surface area contributed by atoms with Crippen LogP contribution in [-0.2, 0) is 66.3 Å². The number of hydrogen-bond acceptors (Lipinski definition) is 24. The third kappa shape index (κ3) is 32.7. The van der Waals surface area contributed by atoms with E-state index in [1.165, 1.54) is 14.2 Å². The largest absolute Gasteiger partial charge is 0.491 e. The van der Waals surface area contributed by atoms with Crippen molar-refractivity contribution in [2.75, 3.05) is 226 Å². The van der Waals surface area contributed by atoms with E-state index in [9.17, 15) is 9.59 Å². The quantitative estimate of drug-likeness (QED) is 0.222. The third-order valence-electron chi connectivity index (χ3n) is 11.2. The molecule has 468 valence electrons. The Morgan fingerprint density at radius 2 is 0.369 bits per heavy atom. The van der Waals surface area contributed by atoms with Crippen molar-refractivity contribution < 1.29 is 114 Å². The van der Waals surface area contributed by atoms with Crippen molar-refractivity contribution in [2.45, 2.75) is 0 Å². The maximum absolute atomic E-state index is 12.3. The van der Waals surface area contributed by atoms with Crippen LogP contribution < -0.4 is 37.9 Å². The normalized spacial score (nSPS) is 18.3. The van der Waals surface area contributed by atoms with Gasteiger partial charge in [-0.2, -0.15) is 0 Å². The second-order valence-corrected chi connectivity index (χ2v) is 17.4. The molecule has 8 bridgehead atoms. The van der Waals surface area contributed by atoms with Crippen molar-refractivity contribution in [3.63, 3.8) is 0 Å². The van der Waals surface area contributed by atoms with Crippen LogP contribution in [0.4, 0.5) is 0 Å². The number of benzene rings is 4. The molecule has 84 heavy (non-hydrogen) atoms. The van der Waals surface area contributed by atoms with E-state index in [2.05, 4.69) is 0 Å². The van der Waals surface area contributed by atoms with E-state index >= 15 is 0 Å². The van der Waals surface area contributed by atoms with Crippen molar-refractivity contribution in [3.8, 4) is 46.0 Å². The van der Waals surface area contributed by atoms with E-state index in [1.54, 1.807) is 36.4 Å². The van der Waals surface area contributed by atoms with Crippen molar-refractivity contribution in [1.82, 2.24) is 0 Å². The summed E-state index contributed by atoms with van der Waals surface area (Å²) in [6, 6.07) is 24.4. The average Bonchev–Trinajstić information content (AvgIpc) is 3.63. The zero-order valence-electron chi connectivity index (χ0n) is 48.5. The molecule has 0 unspecified atom stereocenters. The summed E-state index contributed by atoms with van der Waals surface area (Å²) in [5.41, 5.74) is 0.577. The predicted molar refractivity (Wildman–Crippen MR) is 302 cm³/mol. The van der Waals surface area contributed by atoms with Gasteiger partial charge in [0, 0.05) is 12.1 Å². The second kappa shape index (κ2) is 46.1. The zero-order valence-corrected chi connectivity index (χ0v) is 48.5. The van der Waals surface area contributed by atoms with Crippen LogP contribution in [0.1, 0.15) is 20.7 Å². The van der Waals surface area contributed by atoms with Gasteiger partial charge in [0.15, 0.2) is 0 Å². The molecule has 0 saturated carbocycles. The topological polar surface area (TPSA) is 237 Å². The van der Waals surface area contributed by atoms with E-state index in [4.69, 9.17) is 104 Å². The standard InChI is InChI=1S/C60H84O24/c1-63-59(61)49-43-55-47-56(44-49)82-40-32-74-24-16-66-12-20-70-28-36-78-52-5-9-54(10-6-52)80-38-30-72-22-14-68-18-26-76-34-42-84-58-46-50(60(62)64-2)45-57(48-58)83-41-33-75-25-17-67-13-21-71-29-37-79-53-7-3-51(4-8-53)77-35-27-69-19-11-65-15-23-73-31-39-81-55/h3-10,43-48H,11-42H2,1-2H3. The number of carbonyl (C=O) groups excluding carboxylic acids is 2. The summed E-state index contributed by atoms with van der Waals surface area (Å²) >= 11 is 0. The lowest BCUT2D eigenvalue weighted by Gasteiger charge is -2.12. The molecule has 24 nitrogen and oxygen atoms in total. The van der Waals surface area contributed by atoms with Crippen LogP contribution >= 0.6 is 0 Å². The summed E-state index contributed by atoms with van der Waals surface area (Å²) in [5, 5.41) is 0. The highest BCUT2D eigenvalue weighted by molar-refractivity contribution is 5.91. The molecule has 0 radical (unpaired) electrons. The molecule has 0 N–H and O–H groups in total. The molecule has 0 amide bonds. The van der Waals surface area contributed by atoms with Gasteiger partial charge >= 0.3 is 11.9 Å². The first kappa shape index (κ1) is 68.5. The van der Waals surface area contributed by atoms with Crippen LogP contribution in [0.3, 0.4) is 0 Å². The molecule has 4 aromatic rings. The minimum absolute atomic E-state index is 0.241. The van der Waals surface area contributed by atoms with Crippen molar-refractivity contribution in [3.05, 3.63) is 96.1 Å². The fourth-order valence-corrected chi connectivity index (χ4v) is 7.13. The monoisotopic (exact) mass is 1190 g/mol. The van der Waals surface area contributed by atoms with Gasteiger partial charge in [-0.25, -0.2) is 9.59 Å². The van der Waals surface area contributed by atoms with Crippen molar-refractivity contribution in [2.24, 2.45) is 0 Å². The van der Waals surface area contributed by atoms with E-state index < -0.39 is 11.9 Å². The molecular formula is C60H84O24. The fourth-order valence-electron chi connectivity index (χ4n) is 7.13. The summed E-state index contributed by atoms with van der Waals surface area (Å²) in [4.78, 5) is 24.7. The number of methoxy groups -OCH3 is 2. The lowest BCUT2D eigenvalue weighted by Crippen LogP contribution is -2.15. The summed E-state index contributed by atoms with van der Waals surface area (Å²) in [6.45, 7) is 11.5. The average molecular weight is 1190 g/mol. The Kier molecular flexibility index (Phi) is 37.6. The fraction of sp³-hybridized carbons (Fsp3) is 0.567. The van der Waals surface area contributed by atoms with Gasteiger partial charge in [-0.15, -0.1) is 0 Å². The second-order valence-electron chi connectivity index (χ2n) is 17.4. The number of rotatable bonds is 2. The first-order valence-corrected chi connectivity index (χ1v) is 28.1. The molecule has 0 atom stereocenters. The smallest absolute Gasteiger partial charge is 0.338 e. The van der Waals surface area contributed by atoms with Gasteiger partial charge in [-0.05, 0) is 72.8 Å². The van der Waals surface area contributed by atoms with Crippen LogP contribution in [0.2, 0.25) is 0 Å². The Hall–Kier alpha value is -6.26. The van der Waals surface area contributed by atoms with Crippen molar-refractivity contribution in [1.29, 1.82) is 0 Å². The molecule has 4 heterocycles. The van der Waals surface area contributed by atoms with Gasteiger partial charge in [0.2, 0.25) is 0 Å². The highest BCUT2D eigenvalue weighted by Gasteiger charge is 2.13. The molecule has 4 aliphatic heterocycles. The van der Waals surface area contributed by atoms with Crippen LogP contribution in [0.25, 0.3) is 0 Å². The first-order valence-electron chi connectivity index (χ1n) is 28.1. The van der Waals surface area contributed by atoms with Gasteiger partial charge < -0.3 is 104 Å². The van der Waals surface area contributed by atoms with Crippen LogP contribution in [0, 0.1) is 0 Å². The maximum Gasteiger partial charge on any atom is 0.338 e. The van der Waals surface area contributed by atoms with Gasteiger partial charge in [0.1, 0.15) is 98.9 Å². The van der Waals surface area contributed by atoms with Gasteiger partial charge in [0.05, 0.1) is 184 Å². The van der Waals surface area contributed by atoms with Crippen LogP contribution in [-0.4, -0.2) is 238 Å². The lowest BCUT2D eigenvalue weighted by atomic mass is 10.2. The summed E-state index contributed by atoms with van der Waals surface area (Å²) < 4.78 is 124. The van der Waals surface area contributed by atoms with E-state index in [0.29, 0.717) is 231 Å². The highest BCUT2D eigenvalue weighted by atomic mass is 16.6. The summed E-state index contributed by atoms with van der Waals surface area (Å²) in [5.74, 6) is 3.47. The Morgan fingerprint density at radius 1 is 0.226 bits per heavy atom. The Balaban J connectivity index is 0.951. The Bertz CT molecular complexity index is 1990. The molecule has 0 saturated heterocycles.